The van der Waals surface area contributed by atoms with E-state index in [1.807, 2.05) is 0 Å². The van der Waals surface area contributed by atoms with Gasteiger partial charge in [-0.3, -0.25) is 0 Å². The number of hydrogen-bond acceptors (Lipinski definition) is 1. The van der Waals surface area contributed by atoms with Gasteiger partial charge in [0.1, 0.15) is 5.78 Å². The third kappa shape index (κ3) is 3.70. The Morgan fingerprint density at radius 3 is 3.00 bits per heavy atom. The normalized spacial score (nSPS) is 18.2. The van der Waals surface area contributed by atoms with Crippen molar-refractivity contribution in [2.45, 2.75) is 51.9 Å². The van der Waals surface area contributed by atoms with Crippen LogP contribution in [-0.4, -0.2) is 5.78 Å². The quantitative estimate of drug-likeness (QED) is 0.588. The molecule has 12 heavy (non-hydrogen) atoms. The molecule has 0 spiro atoms. The fraction of sp³-hybridized carbons (Fsp3) is 0.727. The molecule has 0 heterocycles. The molecule has 0 saturated heterocycles. The molecule has 0 bridgehead atoms. The Bertz CT molecular complexity index is 179. The van der Waals surface area contributed by atoms with E-state index in [4.69, 9.17) is 0 Å². The van der Waals surface area contributed by atoms with Crippen LogP contribution in [0.2, 0.25) is 0 Å². The number of hydrogen-bond donors (Lipinski definition) is 0. The highest BCUT2D eigenvalue weighted by molar-refractivity contribution is 5.75. The SMILES string of the molecule is CC(=O)CCC1=CCCCCC1. The van der Waals surface area contributed by atoms with Gasteiger partial charge in [-0.25, -0.2) is 0 Å². The molecular formula is C11H18O. The Morgan fingerprint density at radius 1 is 1.42 bits per heavy atom. The minimum absolute atomic E-state index is 0.320. The Balaban J connectivity index is 2.28. The van der Waals surface area contributed by atoms with Crippen molar-refractivity contribution in [1.29, 1.82) is 0 Å². The molecule has 1 rings (SSSR count). The molecule has 0 atom stereocenters. The number of rotatable bonds is 3. The largest absolute Gasteiger partial charge is 0.300 e. The monoisotopic (exact) mass is 166 g/mol. The minimum Gasteiger partial charge on any atom is -0.300 e. The van der Waals surface area contributed by atoms with Crippen LogP contribution in [-0.2, 0) is 4.79 Å². The first-order valence-electron chi connectivity index (χ1n) is 4.96. The first kappa shape index (κ1) is 9.50. The van der Waals surface area contributed by atoms with Crippen LogP contribution >= 0.6 is 0 Å². The Kier molecular flexibility index (Phi) is 4.06. The summed E-state index contributed by atoms with van der Waals surface area (Å²) < 4.78 is 0. The Morgan fingerprint density at radius 2 is 2.25 bits per heavy atom. The van der Waals surface area contributed by atoms with Crippen molar-refractivity contribution in [2.24, 2.45) is 0 Å². The van der Waals surface area contributed by atoms with Gasteiger partial charge >= 0.3 is 0 Å². The van der Waals surface area contributed by atoms with Gasteiger partial charge in [-0.2, -0.15) is 0 Å². The van der Waals surface area contributed by atoms with E-state index in [1.54, 1.807) is 6.92 Å². The molecular weight excluding hydrogens is 148 g/mol. The fourth-order valence-corrected chi connectivity index (χ4v) is 1.65. The molecule has 0 radical (unpaired) electrons. The van der Waals surface area contributed by atoms with Gasteiger partial charge in [0.25, 0.3) is 0 Å². The minimum atomic E-state index is 0.320. The lowest BCUT2D eigenvalue weighted by atomic mass is 10.0. The van der Waals surface area contributed by atoms with Gasteiger partial charge < -0.3 is 4.79 Å². The molecule has 1 aliphatic carbocycles. The zero-order valence-electron chi connectivity index (χ0n) is 7.94. The second kappa shape index (κ2) is 5.13. The summed E-state index contributed by atoms with van der Waals surface area (Å²) in [5.41, 5.74) is 1.52. The zero-order valence-corrected chi connectivity index (χ0v) is 7.94. The van der Waals surface area contributed by atoms with Crippen molar-refractivity contribution < 1.29 is 4.79 Å². The third-order valence-corrected chi connectivity index (χ3v) is 2.43. The highest BCUT2D eigenvalue weighted by Gasteiger charge is 2.03. The maximum absolute atomic E-state index is 10.7. The predicted octanol–water partition coefficient (Wildman–Crippen LogP) is 3.25. The summed E-state index contributed by atoms with van der Waals surface area (Å²) in [6, 6.07) is 0. The van der Waals surface area contributed by atoms with Crippen molar-refractivity contribution in [3.63, 3.8) is 0 Å². The number of carbonyl (C=O) groups is 1. The summed E-state index contributed by atoms with van der Waals surface area (Å²) in [6.07, 6.45) is 10.6. The maximum Gasteiger partial charge on any atom is 0.130 e. The standard InChI is InChI=1S/C11H18O/c1-10(12)8-9-11-6-4-2-3-5-7-11/h6H,2-5,7-9H2,1H3. The molecule has 1 heteroatoms. The second-order valence-electron chi connectivity index (χ2n) is 3.66. The summed E-state index contributed by atoms with van der Waals surface area (Å²) in [4.78, 5) is 10.7. The fourth-order valence-electron chi connectivity index (χ4n) is 1.65. The van der Waals surface area contributed by atoms with Crippen LogP contribution in [0.4, 0.5) is 0 Å². The van der Waals surface area contributed by atoms with E-state index < -0.39 is 0 Å². The first-order chi connectivity index (χ1) is 5.79. The summed E-state index contributed by atoms with van der Waals surface area (Å²) in [5, 5.41) is 0. The van der Waals surface area contributed by atoms with Crippen molar-refractivity contribution in [1.82, 2.24) is 0 Å². The van der Waals surface area contributed by atoms with Gasteiger partial charge in [0.2, 0.25) is 0 Å². The van der Waals surface area contributed by atoms with Gasteiger partial charge in [0.15, 0.2) is 0 Å². The van der Waals surface area contributed by atoms with E-state index in [2.05, 4.69) is 6.08 Å². The molecule has 0 aromatic carbocycles. The molecule has 1 aliphatic rings. The van der Waals surface area contributed by atoms with Crippen LogP contribution < -0.4 is 0 Å². The number of Topliss-reactive ketones (excluding diaryl/α,β-unsaturated/α-hetero) is 1. The van der Waals surface area contributed by atoms with Crippen molar-refractivity contribution in [3.05, 3.63) is 11.6 Å². The van der Waals surface area contributed by atoms with Crippen LogP contribution in [0.5, 0.6) is 0 Å². The molecule has 0 saturated carbocycles. The Hall–Kier alpha value is -0.590. The van der Waals surface area contributed by atoms with Gasteiger partial charge in [0.05, 0.1) is 0 Å². The molecule has 0 aliphatic heterocycles. The summed E-state index contributed by atoms with van der Waals surface area (Å²) >= 11 is 0. The van der Waals surface area contributed by atoms with Gasteiger partial charge in [-0.15, -0.1) is 0 Å². The van der Waals surface area contributed by atoms with Crippen LogP contribution in [0.1, 0.15) is 51.9 Å². The number of carbonyl (C=O) groups excluding carboxylic acids is 1. The van der Waals surface area contributed by atoms with Crippen molar-refractivity contribution in [3.8, 4) is 0 Å². The van der Waals surface area contributed by atoms with E-state index >= 15 is 0 Å². The molecule has 0 unspecified atom stereocenters. The highest BCUT2D eigenvalue weighted by Crippen LogP contribution is 2.20. The molecule has 0 N–H and O–H groups in total. The van der Waals surface area contributed by atoms with Gasteiger partial charge in [0, 0.05) is 6.42 Å². The lowest BCUT2D eigenvalue weighted by Crippen LogP contribution is -1.91. The van der Waals surface area contributed by atoms with Gasteiger partial charge in [-0.05, 0) is 39.0 Å². The average molecular weight is 166 g/mol. The van der Waals surface area contributed by atoms with E-state index in [-0.39, 0.29) is 0 Å². The first-order valence-corrected chi connectivity index (χ1v) is 4.96. The number of ketones is 1. The average Bonchev–Trinajstić information content (AvgIpc) is 2.28. The van der Waals surface area contributed by atoms with Crippen LogP contribution in [0.15, 0.2) is 11.6 Å². The van der Waals surface area contributed by atoms with E-state index in [0.717, 1.165) is 12.8 Å². The molecule has 68 valence electrons. The summed E-state index contributed by atoms with van der Waals surface area (Å²) in [6.45, 7) is 1.68. The van der Waals surface area contributed by atoms with Crippen molar-refractivity contribution >= 4 is 5.78 Å². The molecule has 0 aromatic rings. The zero-order chi connectivity index (χ0) is 8.81. The second-order valence-corrected chi connectivity index (χ2v) is 3.66. The predicted molar refractivity (Wildman–Crippen MR) is 51.1 cm³/mol. The van der Waals surface area contributed by atoms with Crippen LogP contribution in [0.3, 0.4) is 0 Å². The Labute approximate surface area is 74.9 Å². The van der Waals surface area contributed by atoms with E-state index in [9.17, 15) is 4.79 Å². The van der Waals surface area contributed by atoms with E-state index in [1.165, 1.54) is 37.7 Å². The smallest absolute Gasteiger partial charge is 0.130 e. The highest BCUT2D eigenvalue weighted by atomic mass is 16.1. The van der Waals surface area contributed by atoms with Gasteiger partial charge in [-0.1, -0.05) is 18.1 Å². The van der Waals surface area contributed by atoms with Crippen LogP contribution in [0.25, 0.3) is 0 Å². The topological polar surface area (TPSA) is 17.1 Å². The number of allylic oxidation sites excluding steroid dienone is 2. The summed E-state index contributed by atoms with van der Waals surface area (Å²) in [7, 11) is 0. The van der Waals surface area contributed by atoms with Crippen LogP contribution in [0, 0.1) is 0 Å². The lowest BCUT2D eigenvalue weighted by Gasteiger charge is -2.02. The lowest BCUT2D eigenvalue weighted by molar-refractivity contribution is -0.116. The third-order valence-electron chi connectivity index (χ3n) is 2.43. The maximum atomic E-state index is 10.7. The van der Waals surface area contributed by atoms with Crippen molar-refractivity contribution in [2.75, 3.05) is 0 Å². The molecule has 0 fully saturated rings. The summed E-state index contributed by atoms with van der Waals surface area (Å²) in [5.74, 6) is 0.320. The van der Waals surface area contributed by atoms with E-state index in [0.29, 0.717) is 5.78 Å². The molecule has 1 nitrogen and oxygen atoms in total. The molecule has 0 amide bonds. The molecule has 0 aromatic heterocycles.